The fraction of sp³-hybridized carbons (Fsp3) is 0.448. The van der Waals surface area contributed by atoms with Crippen molar-refractivity contribution in [2.45, 2.75) is 77.6 Å². The van der Waals surface area contributed by atoms with Gasteiger partial charge in [0, 0.05) is 0 Å². The zero-order valence-corrected chi connectivity index (χ0v) is 25.7. The van der Waals surface area contributed by atoms with Gasteiger partial charge in [0.1, 0.15) is 0 Å². The molecule has 2 aliphatic carbocycles. The predicted octanol–water partition coefficient (Wildman–Crippen LogP) is 8.79. The first-order valence-corrected chi connectivity index (χ1v) is 24.9. The van der Waals surface area contributed by atoms with E-state index in [1.807, 2.05) is 3.33 Å². The van der Waals surface area contributed by atoms with Crippen LogP contribution in [0.15, 0.2) is 64.8 Å². The molecule has 1 unspecified atom stereocenters. The monoisotopic (exact) mass is 595 g/mol. The standard InChI is InChI=1S/C18H19.C9H13.C2H7Si.Hf/c1-18(2,3)12-14-9-11-17-15-7-5-4-6-13(15)8-10-16(14)17;1-6-5-7(2)9(4)8(6)3;1-3-2;/h4-10,14H,12H2,1-3H3;5H,1-4H3;3H,1-2H3;/q;;;+1. The summed E-state index contributed by atoms with van der Waals surface area (Å²) in [5.74, 6) is -0.184. The average molecular weight is 594 g/mol. The van der Waals surface area contributed by atoms with E-state index in [9.17, 15) is 0 Å². The summed E-state index contributed by atoms with van der Waals surface area (Å²) in [5.41, 5.74) is 10.2. The van der Waals surface area contributed by atoms with Gasteiger partial charge in [-0.25, -0.2) is 0 Å². The van der Waals surface area contributed by atoms with E-state index in [1.165, 1.54) is 17.2 Å². The van der Waals surface area contributed by atoms with Gasteiger partial charge in [-0.15, -0.1) is 0 Å². The number of benzene rings is 2. The van der Waals surface area contributed by atoms with E-state index >= 15 is 0 Å². The summed E-state index contributed by atoms with van der Waals surface area (Å²) in [6.45, 7) is 22.2. The van der Waals surface area contributed by atoms with Gasteiger partial charge in [-0.1, -0.05) is 0 Å². The number of hydrogen-bond acceptors (Lipinski definition) is 0. The van der Waals surface area contributed by atoms with Crippen LogP contribution < -0.4 is 0 Å². The molecule has 0 aromatic heterocycles. The summed E-state index contributed by atoms with van der Waals surface area (Å²) in [6.07, 6.45) is 4.04. The first-order valence-electron chi connectivity index (χ1n) is 12.0. The summed E-state index contributed by atoms with van der Waals surface area (Å²) >= 11 is -2.15. The first kappa shape index (κ1) is 23.2. The van der Waals surface area contributed by atoms with E-state index < -0.39 is 26.6 Å². The number of fused-ring (bicyclic) bond motifs is 3. The summed E-state index contributed by atoms with van der Waals surface area (Å²) in [5, 5.41) is 2.92. The van der Waals surface area contributed by atoms with E-state index in [4.69, 9.17) is 0 Å². The zero-order valence-electron chi connectivity index (χ0n) is 21.0. The number of rotatable bonds is 4. The Balaban J connectivity index is 1.95. The Hall–Kier alpha value is -0.993. The Kier molecular flexibility index (Phi) is 6.29. The molecule has 0 nitrogen and oxygen atoms in total. The number of hydrogen-bond donors (Lipinski definition) is 0. The molecule has 0 spiro atoms. The van der Waals surface area contributed by atoms with Gasteiger partial charge in [-0.3, -0.25) is 0 Å². The third kappa shape index (κ3) is 4.08. The molecule has 1 atom stereocenters. The Morgan fingerprint density at radius 2 is 1.48 bits per heavy atom. The maximum absolute atomic E-state index is 2.79. The van der Waals surface area contributed by atoms with Crippen molar-refractivity contribution in [1.29, 1.82) is 0 Å². The van der Waals surface area contributed by atoms with Crippen molar-refractivity contribution in [3.63, 3.8) is 0 Å². The molecule has 0 bridgehead atoms. The average Bonchev–Trinajstić information content (AvgIpc) is 3.13. The van der Waals surface area contributed by atoms with Gasteiger partial charge in [0.15, 0.2) is 0 Å². The van der Waals surface area contributed by atoms with Crippen LogP contribution in [-0.2, 0) is 20.6 Å². The molecule has 0 saturated carbocycles. The first-order chi connectivity index (χ1) is 14.5. The quantitative estimate of drug-likeness (QED) is 0.311. The Morgan fingerprint density at radius 1 is 0.871 bits per heavy atom. The molecule has 0 aliphatic heterocycles. The fourth-order valence-corrected chi connectivity index (χ4v) is 36.7. The topological polar surface area (TPSA) is 0 Å². The molecule has 31 heavy (non-hydrogen) atoms. The van der Waals surface area contributed by atoms with Gasteiger partial charge >= 0.3 is 200 Å². The van der Waals surface area contributed by atoms with Crippen LogP contribution in [0.3, 0.4) is 0 Å². The molecule has 0 amide bonds. The Labute approximate surface area is 198 Å². The second kappa shape index (κ2) is 8.41. The van der Waals surface area contributed by atoms with Crippen molar-refractivity contribution in [1.82, 2.24) is 0 Å². The molecule has 0 N–H and O–H groups in total. The van der Waals surface area contributed by atoms with Crippen LogP contribution in [0.1, 0.15) is 71.9 Å². The molecule has 0 radical (unpaired) electrons. The minimum atomic E-state index is -2.15. The third-order valence-corrected chi connectivity index (χ3v) is 36.7. The summed E-state index contributed by atoms with van der Waals surface area (Å²) in [6, 6.07) is 14.0. The van der Waals surface area contributed by atoms with Gasteiger partial charge in [-0.2, -0.15) is 0 Å². The fourth-order valence-electron chi connectivity index (χ4n) is 5.96. The minimum absolute atomic E-state index is 0.340. The third-order valence-electron chi connectivity index (χ3n) is 7.69. The van der Waals surface area contributed by atoms with Gasteiger partial charge in [0.2, 0.25) is 0 Å². The van der Waals surface area contributed by atoms with E-state index in [2.05, 4.69) is 104 Å². The van der Waals surface area contributed by atoms with Gasteiger partial charge in [0.25, 0.3) is 0 Å². The van der Waals surface area contributed by atoms with Gasteiger partial charge in [0.05, 0.1) is 0 Å². The molecule has 2 heteroatoms. The van der Waals surface area contributed by atoms with Crippen LogP contribution in [0.5, 0.6) is 0 Å². The molecule has 0 fully saturated rings. The van der Waals surface area contributed by atoms with Crippen molar-refractivity contribution in [3.8, 4) is 0 Å². The van der Waals surface area contributed by atoms with Crippen LogP contribution in [-0.4, -0.2) is 5.98 Å². The van der Waals surface area contributed by atoms with Crippen LogP contribution in [0.25, 0.3) is 14.1 Å². The summed E-state index contributed by atoms with van der Waals surface area (Å²) in [4.78, 5) is 0. The molecule has 0 saturated heterocycles. The number of allylic oxidation sites excluding steroid dienone is 5. The van der Waals surface area contributed by atoms with E-state index in [0.717, 1.165) is 3.67 Å². The summed E-state index contributed by atoms with van der Waals surface area (Å²) in [7, 11) is 0. The molecule has 2 aromatic rings. The molecular weight excluding hydrogens is 555 g/mol. The second-order valence-corrected chi connectivity index (χ2v) is 38.5. The molecule has 0 heterocycles. The molecule has 2 aliphatic rings. The van der Waals surface area contributed by atoms with Gasteiger partial charge < -0.3 is 0 Å². The second-order valence-electron chi connectivity index (χ2n) is 11.4. The normalized spacial score (nSPS) is 19.7. The molecule has 162 valence electrons. The van der Waals surface area contributed by atoms with E-state index in [1.54, 1.807) is 33.4 Å². The molecular formula is C29H39HfSi+. The Bertz CT molecular complexity index is 1100. The SMILES string of the molecule is CC1=C(C)[CH]([Hf+]([C]2=CC(CC(C)(C)C)c3ccc4ccccc4c32)[SiH](C)C)C(C)=C1C. The van der Waals surface area contributed by atoms with Crippen molar-refractivity contribution < 1.29 is 20.6 Å². The van der Waals surface area contributed by atoms with Crippen molar-refractivity contribution >= 4 is 20.1 Å². The molecule has 2 aromatic carbocycles. The maximum atomic E-state index is 2.79. The van der Waals surface area contributed by atoms with Crippen molar-refractivity contribution in [3.05, 3.63) is 75.9 Å². The zero-order chi connectivity index (χ0) is 22.7. The summed E-state index contributed by atoms with van der Waals surface area (Å²) < 4.78 is 2.67. The van der Waals surface area contributed by atoms with Crippen molar-refractivity contribution in [2.24, 2.45) is 5.41 Å². The van der Waals surface area contributed by atoms with Crippen LogP contribution in [0, 0.1) is 5.41 Å². The van der Waals surface area contributed by atoms with Crippen LogP contribution >= 0.6 is 0 Å². The predicted molar refractivity (Wildman–Crippen MR) is 138 cm³/mol. The van der Waals surface area contributed by atoms with Gasteiger partial charge in [-0.05, 0) is 0 Å². The van der Waals surface area contributed by atoms with Crippen molar-refractivity contribution in [2.75, 3.05) is 0 Å². The van der Waals surface area contributed by atoms with Crippen LogP contribution in [0.4, 0.5) is 0 Å². The van der Waals surface area contributed by atoms with E-state index in [-0.39, 0.29) is 0 Å². The Morgan fingerprint density at radius 3 is 2.06 bits per heavy atom. The van der Waals surface area contributed by atoms with Crippen LogP contribution in [0.2, 0.25) is 16.8 Å². The van der Waals surface area contributed by atoms with E-state index in [0.29, 0.717) is 11.3 Å². The molecule has 4 rings (SSSR count).